The van der Waals surface area contributed by atoms with Gasteiger partial charge in [-0.3, -0.25) is 9.59 Å². The van der Waals surface area contributed by atoms with Crippen molar-refractivity contribution >= 4 is 24.0 Å². The molecule has 3 rings (SSSR count). The number of ether oxygens (including phenoxy) is 4. The molecule has 228 valence electrons. The number of benzene rings is 2. The van der Waals surface area contributed by atoms with E-state index in [1.54, 1.807) is 32.1 Å². The molecule has 1 aliphatic rings. The third-order valence-corrected chi connectivity index (χ3v) is 7.65. The molecule has 2 unspecified atom stereocenters. The van der Waals surface area contributed by atoms with Gasteiger partial charge in [0.05, 0.1) is 39.0 Å². The molecule has 3 atom stereocenters. The van der Waals surface area contributed by atoms with Crippen LogP contribution < -0.4 is 4.74 Å². The van der Waals surface area contributed by atoms with Gasteiger partial charge in [0.1, 0.15) is 17.1 Å². The number of hydrogen-bond acceptors (Lipinski definition) is 9. The number of phenols is 1. The third kappa shape index (κ3) is 9.08. The monoisotopic (exact) mass is 582 g/mol. The van der Waals surface area contributed by atoms with Crippen LogP contribution in [0, 0.1) is 0 Å². The fraction of sp³-hybridized carbons (Fsp3) is 0.485. The lowest BCUT2D eigenvalue weighted by Gasteiger charge is -2.37. The number of carbonyl (C=O) groups excluding carboxylic acids is 3. The number of aliphatic hydroxyl groups is 1. The fourth-order valence-electron chi connectivity index (χ4n) is 5.33. The average molecular weight is 583 g/mol. The van der Waals surface area contributed by atoms with Crippen LogP contribution in [0.5, 0.6) is 11.5 Å². The number of cyclic esters (lactones) is 3. The summed E-state index contributed by atoms with van der Waals surface area (Å²) in [5.41, 5.74) is 0.661. The first-order valence-electron chi connectivity index (χ1n) is 14.5. The minimum atomic E-state index is -0.727. The first kappa shape index (κ1) is 32.7. The summed E-state index contributed by atoms with van der Waals surface area (Å²) in [6.07, 6.45) is 5.13. The Balaban J connectivity index is 1.82. The molecule has 0 radical (unpaired) electrons. The standard InChI is InChI=1S/C33H42O9/c1-23-11-7-15-29(36)40-19-9-17-33(24(2)34,26-13-5-4-6-14-26)18-10-20-41-30(37)16-8-12-25-21-27(39-3)22-28(35)31(25)32(38)42-23/h4-6,8,12-14,21-24,34-35H,7,9-11,15-20H2,1-3H3/b12-8+/t23-,24?,33?/m0/s1. The Bertz CT molecular complexity index is 1220. The summed E-state index contributed by atoms with van der Waals surface area (Å²) in [5, 5.41) is 21.5. The number of hydrogen-bond donors (Lipinski definition) is 2. The van der Waals surface area contributed by atoms with Crippen molar-refractivity contribution in [2.75, 3.05) is 20.3 Å². The van der Waals surface area contributed by atoms with Crippen LogP contribution in [0.1, 0.15) is 86.7 Å². The first-order valence-corrected chi connectivity index (χ1v) is 14.5. The second-order valence-corrected chi connectivity index (χ2v) is 10.7. The third-order valence-electron chi connectivity index (χ3n) is 7.65. The Kier molecular flexibility index (Phi) is 12.4. The van der Waals surface area contributed by atoms with Gasteiger partial charge in [-0.1, -0.05) is 42.5 Å². The normalized spacial score (nSPS) is 23.5. The highest BCUT2D eigenvalue weighted by Crippen LogP contribution is 2.38. The molecule has 0 saturated heterocycles. The fourth-order valence-corrected chi connectivity index (χ4v) is 5.33. The highest BCUT2D eigenvalue weighted by Gasteiger charge is 2.36. The number of rotatable bonds is 3. The molecule has 1 aliphatic heterocycles. The van der Waals surface area contributed by atoms with Gasteiger partial charge in [-0.25, -0.2) is 4.79 Å². The zero-order valence-corrected chi connectivity index (χ0v) is 24.7. The van der Waals surface area contributed by atoms with E-state index in [2.05, 4.69) is 0 Å². The number of fused-ring (bicyclic) bond motifs is 1. The van der Waals surface area contributed by atoms with Gasteiger partial charge in [-0.05, 0) is 69.6 Å². The van der Waals surface area contributed by atoms with Crippen molar-refractivity contribution in [1.82, 2.24) is 0 Å². The van der Waals surface area contributed by atoms with Crippen LogP contribution in [-0.2, 0) is 29.2 Å². The lowest BCUT2D eigenvalue weighted by Crippen LogP contribution is -2.38. The van der Waals surface area contributed by atoms with Gasteiger partial charge in [0.25, 0.3) is 0 Å². The topological polar surface area (TPSA) is 129 Å². The van der Waals surface area contributed by atoms with Gasteiger partial charge in [-0.15, -0.1) is 0 Å². The summed E-state index contributed by atoms with van der Waals surface area (Å²) in [6.45, 7) is 3.86. The van der Waals surface area contributed by atoms with E-state index < -0.39 is 29.6 Å². The Morgan fingerprint density at radius 1 is 0.976 bits per heavy atom. The zero-order chi connectivity index (χ0) is 30.5. The number of phenolic OH excluding ortho intramolecular Hbond substituents is 1. The molecule has 2 aromatic rings. The molecule has 0 aliphatic carbocycles. The lowest BCUT2D eigenvalue weighted by atomic mass is 9.69. The van der Waals surface area contributed by atoms with E-state index in [9.17, 15) is 24.6 Å². The second-order valence-electron chi connectivity index (χ2n) is 10.7. The lowest BCUT2D eigenvalue weighted by molar-refractivity contribution is -0.144. The predicted octanol–water partition coefficient (Wildman–Crippen LogP) is 5.50. The second kappa shape index (κ2) is 16.0. The maximum absolute atomic E-state index is 13.0. The van der Waals surface area contributed by atoms with Crippen LogP contribution in [0.15, 0.2) is 48.5 Å². The van der Waals surface area contributed by atoms with Crippen molar-refractivity contribution in [3.05, 3.63) is 65.2 Å². The molecule has 0 spiro atoms. The van der Waals surface area contributed by atoms with E-state index in [-0.39, 0.29) is 43.3 Å². The van der Waals surface area contributed by atoms with E-state index in [1.165, 1.54) is 13.2 Å². The van der Waals surface area contributed by atoms with Crippen molar-refractivity contribution in [3.63, 3.8) is 0 Å². The van der Waals surface area contributed by atoms with Crippen LogP contribution in [0.3, 0.4) is 0 Å². The van der Waals surface area contributed by atoms with E-state index in [0.29, 0.717) is 49.8 Å². The first-order chi connectivity index (χ1) is 20.2. The molecule has 2 aromatic carbocycles. The van der Waals surface area contributed by atoms with Crippen molar-refractivity contribution in [2.24, 2.45) is 0 Å². The Morgan fingerprint density at radius 3 is 2.29 bits per heavy atom. The smallest absolute Gasteiger partial charge is 0.342 e. The molecule has 9 nitrogen and oxygen atoms in total. The zero-order valence-electron chi connectivity index (χ0n) is 24.7. The Morgan fingerprint density at radius 2 is 1.64 bits per heavy atom. The number of carbonyl (C=O) groups is 3. The van der Waals surface area contributed by atoms with Gasteiger partial charge < -0.3 is 29.2 Å². The molecule has 9 heteroatoms. The van der Waals surface area contributed by atoms with Crippen molar-refractivity contribution in [2.45, 2.75) is 82.8 Å². The maximum atomic E-state index is 13.0. The molecule has 0 amide bonds. The summed E-state index contributed by atoms with van der Waals surface area (Å²) < 4.78 is 21.7. The molecular formula is C33H42O9. The summed E-state index contributed by atoms with van der Waals surface area (Å²) in [5.74, 6) is -1.50. The quantitative estimate of drug-likeness (QED) is 0.356. The molecule has 0 fully saturated rings. The van der Waals surface area contributed by atoms with Gasteiger partial charge in [-0.2, -0.15) is 0 Å². The van der Waals surface area contributed by atoms with Gasteiger partial charge >= 0.3 is 17.9 Å². The van der Waals surface area contributed by atoms with E-state index in [0.717, 1.165) is 5.56 Å². The highest BCUT2D eigenvalue weighted by atomic mass is 16.5. The molecule has 2 N–H and O–H groups in total. The van der Waals surface area contributed by atoms with Crippen molar-refractivity contribution in [1.29, 1.82) is 0 Å². The number of methoxy groups -OCH3 is 1. The summed E-state index contributed by atoms with van der Waals surface area (Å²) in [4.78, 5) is 37.8. The Labute approximate surface area is 247 Å². The van der Waals surface area contributed by atoms with Crippen LogP contribution in [0.25, 0.3) is 6.08 Å². The van der Waals surface area contributed by atoms with Gasteiger partial charge in [0.15, 0.2) is 0 Å². The summed E-state index contributed by atoms with van der Waals surface area (Å²) in [7, 11) is 1.44. The van der Waals surface area contributed by atoms with E-state index in [1.807, 2.05) is 30.3 Å². The largest absolute Gasteiger partial charge is 0.507 e. The highest BCUT2D eigenvalue weighted by molar-refractivity contribution is 5.97. The predicted molar refractivity (Wildman–Crippen MR) is 157 cm³/mol. The maximum Gasteiger partial charge on any atom is 0.342 e. The summed E-state index contributed by atoms with van der Waals surface area (Å²) >= 11 is 0. The molecule has 0 saturated carbocycles. The molecule has 1 heterocycles. The SMILES string of the molecule is COc1cc(O)c2c(c1)/C=C/CC(=O)OCCCC(c1ccccc1)(C(C)O)CCCOC(=O)CCC[C@H](C)OC2=O. The van der Waals surface area contributed by atoms with Crippen LogP contribution in [-0.4, -0.2) is 60.7 Å². The average Bonchev–Trinajstić information content (AvgIpc) is 2.95. The Hall–Kier alpha value is -3.85. The summed E-state index contributed by atoms with van der Waals surface area (Å²) in [6, 6.07) is 12.6. The number of aliphatic hydroxyl groups excluding tert-OH is 1. The minimum absolute atomic E-state index is 0.0472. The van der Waals surface area contributed by atoms with Crippen LogP contribution in [0.4, 0.5) is 0 Å². The molecule has 0 bridgehead atoms. The molecular weight excluding hydrogens is 540 g/mol. The molecule has 0 aromatic heterocycles. The van der Waals surface area contributed by atoms with Gasteiger partial charge in [0.2, 0.25) is 0 Å². The van der Waals surface area contributed by atoms with Crippen LogP contribution >= 0.6 is 0 Å². The van der Waals surface area contributed by atoms with Crippen molar-refractivity contribution < 1.29 is 43.5 Å². The van der Waals surface area contributed by atoms with Crippen molar-refractivity contribution in [3.8, 4) is 11.5 Å². The van der Waals surface area contributed by atoms with E-state index in [4.69, 9.17) is 18.9 Å². The molecule has 42 heavy (non-hydrogen) atoms. The van der Waals surface area contributed by atoms with E-state index >= 15 is 0 Å². The number of aromatic hydroxyl groups is 1. The van der Waals surface area contributed by atoms with Gasteiger partial charge in [0, 0.05) is 17.9 Å². The van der Waals surface area contributed by atoms with Crippen LogP contribution in [0.2, 0.25) is 0 Å². The minimum Gasteiger partial charge on any atom is -0.507 e. The number of esters is 3.